The number of hydrogen-bond acceptors (Lipinski definition) is 3. The van der Waals surface area contributed by atoms with Gasteiger partial charge in [-0.25, -0.2) is 0 Å². The summed E-state index contributed by atoms with van der Waals surface area (Å²) in [6.45, 7) is 10.6. The van der Waals surface area contributed by atoms with Gasteiger partial charge in [-0.05, 0) is 37.5 Å². The minimum absolute atomic E-state index is 0.0990. The molecule has 2 aliphatic rings. The van der Waals surface area contributed by atoms with Gasteiger partial charge in [-0.3, -0.25) is 4.90 Å². The lowest BCUT2D eigenvalue weighted by atomic mass is 9.70. The number of aliphatic hydroxyl groups is 1. The van der Waals surface area contributed by atoms with Crippen LogP contribution in [-0.2, 0) is 4.74 Å². The van der Waals surface area contributed by atoms with Crippen molar-refractivity contribution in [1.82, 2.24) is 4.90 Å². The highest BCUT2D eigenvalue weighted by molar-refractivity contribution is 4.87. The molecule has 0 spiro atoms. The Kier molecular flexibility index (Phi) is 4.11. The van der Waals surface area contributed by atoms with Crippen LogP contribution in [0.1, 0.15) is 40.0 Å². The Bertz CT molecular complexity index is 255. The second kappa shape index (κ2) is 5.25. The largest absolute Gasteiger partial charge is 0.393 e. The maximum atomic E-state index is 10.2. The smallest absolute Gasteiger partial charge is 0.0619 e. The summed E-state index contributed by atoms with van der Waals surface area (Å²) in [5.41, 5.74) is 0.402. The molecule has 1 N–H and O–H groups in total. The number of rotatable bonds is 2. The Hall–Kier alpha value is -0.120. The van der Waals surface area contributed by atoms with Gasteiger partial charge in [-0.2, -0.15) is 0 Å². The Labute approximate surface area is 105 Å². The molecule has 100 valence electrons. The van der Waals surface area contributed by atoms with Crippen LogP contribution in [-0.4, -0.2) is 48.5 Å². The van der Waals surface area contributed by atoms with Crippen LogP contribution in [0.25, 0.3) is 0 Å². The van der Waals surface area contributed by atoms with Gasteiger partial charge in [-0.1, -0.05) is 13.8 Å². The normalized spacial score (nSPS) is 39.2. The van der Waals surface area contributed by atoms with Gasteiger partial charge < -0.3 is 9.84 Å². The van der Waals surface area contributed by atoms with Crippen LogP contribution < -0.4 is 0 Å². The van der Waals surface area contributed by atoms with E-state index in [4.69, 9.17) is 4.74 Å². The van der Waals surface area contributed by atoms with Crippen LogP contribution in [0.3, 0.4) is 0 Å². The van der Waals surface area contributed by atoms with Crippen molar-refractivity contribution in [3.05, 3.63) is 0 Å². The van der Waals surface area contributed by atoms with Gasteiger partial charge in [0, 0.05) is 19.1 Å². The lowest BCUT2D eigenvalue weighted by Crippen LogP contribution is -2.49. The van der Waals surface area contributed by atoms with Crippen molar-refractivity contribution in [3.63, 3.8) is 0 Å². The second-order valence-corrected chi connectivity index (χ2v) is 6.65. The molecule has 0 aromatic rings. The molecule has 1 aliphatic carbocycles. The minimum Gasteiger partial charge on any atom is -0.393 e. The van der Waals surface area contributed by atoms with Crippen LogP contribution in [0.15, 0.2) is 0 Å². The standard InChI is InChI=1S/C14H27NO2/c1-11-10-17-7-6-15(11)9-12-8-14(2,3)5-4-13(12)16/h11-13,16H,4-10H2,1-3H3. The topological polar surface area (TPSA) is 32.7 Å². The highest BCUT2D eigenvalue weighted by Crippen LogP contribution is 2.39. The fourth-order valence-corrected chi connectivity index (χ4v) is 3.24. The molecule has 1 saturated heterocycles. The molecular weight excluding hydrogens is 214 g/mol. The molecule has 2 rings (SSSR count). The molecule has 0 aromatic carbocycles. The van der Waals surface area contributed by atoms with Crippen molar-refractivity contribution in [2.45, 2.75) is 52.2 Å². The van der Waals surface area contributed by atoms with Gasteiger partial charge in [0.15, 0.2) is 0 Å². The third-order valence-corrected chi connectivity index (χ3v) is 4.45. The average molecular weight is 241 g/mol. The summed E-state index contributed by atoms with van der Waals surface area (Å²) in [6.07, 6.45) is 3.18. The zero-order chi connectivity index (χ0) is 12.5. The van der Waals surface area contributed by atoms with Gasteiger partial charge in [0.05, 0.1) is 19.3 Å². The molecule has 3 nitrogen and oxygen atoms in total. The first kappa shape index (κ1) is 13.3. The fourth-order valence-electron chi connectivity index (χ4n) is 3.24. The van der Waals surface area contributed by atoms with Crippen LogP contribution >= 0.6 is 0 Å². The van der Waals surface area contributed by atoms with Gasteiger partial charge in [0.1, 0.15) is 0 Å². The zero-order valence-electron chi connectivity index (χ0n) is 11.5. The molecule has 0 amide bonds. The fraction of sp³-hybridized carbons (Fsp3) is 1.00. The highest BCUT2D eigenvalue weighted by Gasteiger charge is 2.35. The van der Waals surface area contributed by atoms with Gasteiger partial charge in [0.2, 0.25) is 0 Å². The Balaban J connectivity index is 1.91. The van der Waals surface area contributed by atoms with Crippen molar-refractivity contribution in [1.29, 1.82) is 0 Å². The molecule has 1 aliphatic heterocycles. The Morgan fingerprint density at radius 2 is 2.18 bits per heavy atom. The minimum atomic E-state index is -0.0990. The monoisotopic (exact) mass is 241 g/mol. The van der Waals surface area contributed by atoms with Crippen LogP contribution in [0.4, 0.5) is 0 Å². The predicted octanol–water partition coefficient (Wildman–Crippen LogP) is 1.89. The second-order valence-electron chi connectivity index (χ2n) is 6.65. The molecule has 0 aromatic heterocycles. The third kappa shape index (κ3) is 3.43. The Morgan fingerprint density at radius 3 is 2.88 bits per heavy atom. The highest BCUT2D eigenvalue weighted by atomic mass is 16.5. The molecule has 1 heterocycles. The maximum absolute atomic E-state index is 10.2. The summed E-state index contributed by atoms with van der Waals surface area (Å²) in [5.74, 6) is 0.444. The van der Waals surface area contributed by atoms with E-state index in [1.54, 1.807) is 0 Å². The van der Waals surface area contributed by atoms with Crippen molar-refractivity contribution >= 4 is 0 Å². The summed E-state index contributed by atoms with van der Waals surface area (Å²) in [7, 11) is 0. The molecule has 3 unspecified atom stereocenters. The molecule has 17 heavy (non-hydrogen) atoms. The number of morpholine rings is 1. The molecule has 1 saturated carbocycles. The number of ether oxygens (including phenoxy) is 1. The SMILES string of the molecule is CC1COCCN1CC1CC(C)(C)CCC1O. The van der Waals surface area contributed by atoms with E-state index in [2.05, 4.69) is 25.7 Å². The van der Waals surface area contributed by atoms with E-state index in [-0.39, 0.29) is 6.10 Å². The summed E-state index contributed by atoms with van der Waals surface area (Å²) in [5, 5.41) is 10.2. The van der Waals surface area contributed by atoms with Crippen molar-refractivity contribution in [2.24, 2.45) is 11.3 Å². The molecule has 3 heteroatoms. The molecule has 0 radical (unpaired) electrons. The summed E-state index contributed by atoms with van der Waals surface area (Å²) in [4.78, 5) is 2.48. The van der Waals surface area contributed by atoms with Gasteiger partial charge in [0.25, 0.3) is 0 Å². The Morgan fingerprint density at radius 1 is 1.41 bits per heavy atom. The van der Waals surface area contributed by atoms with Crippen LogP contribution in [0, 0.1) is 11.3 Å². The summed E-state index contributed by atoms with van der Waals surface area (Å²) in [6, 6.07) is 0.501. The first-order valence-electron chi connectivity index (χ1n) is 6.98. The number of hydrogen-bond donors (Lipinski definition) is 1. The predicted molar refractivity (Wildman–Crippen MR) is 69.0 cm³/mol. The zero-order valence-corrected chi connectivity index (χ0v) is 11.5. The molecule has 3 atom stereocenters. The van der Waals surface area contributed by atoms with Gasteiger partial charge >= 0.3 is 0 Å². The summed E-state index contributed by atoms with van der Waals surface area (Å²) < 4.78 is 5.46. The van der Waals surface area contributed by atoms with Crippen LogP contribution in [0.5, 0.6) is 0 Å². The molecular formula is C14H27NO2. The first-order valence-corrected chi connectivity index (χ1v) is 6.98. The van der Waals surface area contributed by atoms with E-state index in [0.717, 1.165) is 45.6 Å². The van der Waals surface area contributed by atoms with E-state index < -0.39 is 0 Å². The van der Waals surface area contributed by atoms with E-state index in [0.29, 0.717) is 17.4 Å². The van der Waals surface area contributed by atoms with Crippen molar-refractivity contribution in [2.75, 3.05) is 26.3 Å². The number of aliphatic hydroxyl groups excluding tert-OH is 1. The number of nitrogens with zero attached hydrogens (tertiary/aromatic N) is 1. The van der Waals surface area contributed by atoms with E-state index in [1.807, 2.05) is 0 Å². The quantitative estimate of drug-likeness (QED) is 0.801. The average Bonchev–Trinajstić information content (AvgIpc) is 2.26. The lowest BCUT2D eigenvalue weighted by Gasteiger charge is -2.43. The van der Waals surface area contributed by atoms with Crippen molar-refractivity contribution in [3.8, 4) is 0 Å². The molecule has 2 fully saturated rings. The van der Waals surface area contributed by atoms with Gasteiger partial charge in [-0.15, -0.1) is 0 Å². The third-order valence-electron chi connectivity index (χ3n) is 4.45. The summed E-state index contributed by atoms with van der Waals surface area (Å²) >= 11 is 0. The van der Waals surface area contributed by atoms with E-state index in [9.17, 15) is 5.11 Å². The first-order chi connectivity index (χ1) is 7.98. The maximum Gasteiger partial charge on any atom is 0.0619 e. The lowest BCUT2D eigenvalue weighted by molar-refractivity contribution is -0.0414. The van der Waals surface area contributed by atoms with Crippen LogP contribution in [0.2, 0.25) is 0 Å². The van der Waals surface area contributed by atoms with E-state index >= 15 is 0 Å². The molecule has 0 bridgehead atoms. The van der Waals surface area contributed by atoms with Crippen molar-refractivity contribution < 1.29 is 9.84 Å². The van der Waals surface area contributed by atoms with E-state index in [1.165, 1.54) is 0 Å².